The first-order valence-corrected chi connectivity index (χ1v) is 29.8. The number of aliphatic hydroxyl groups is 7. The lowest BCUT2D eigenvalue weighted by Crippen LogP contribution is -2.61. The lowest BCUT2D eigenvalue weighted by atomic mass is 9.98. The van der Waals surface area contributed by atoms with Gasteiger partial charge in [0.15, 0.2) is 12.6 Å². The fourth-order valence-electron chi connectivity index (χ4n) is 8.43. The van der Waals surface area contributed by atoms with E-state index < -0.39 is 86.7 Å². The van der Waals surface area contributed by atoms with Gasteiger partial charge in [-0.15, -0.1) is 0 Å². The standard InChI is InChI=1S/C65H104O14/c1-3-5-7-9-11-13-15-17-19-21-23-25-27-28-30-32-34-36-38-40-42-44-46-48-57(67)77-54(51-74-49-47-45-43-41-39-37-35-33-31-29-26-24-22-20-18-16-14-12-10-8-6-4-2)52-75-64-63(73)61(71)59(69)56(79-64)53-76-65-62(72)60(70)58(68)55(50-66)78-65/h5-8,11-14,17-20,23-26,28,30-31,33-34,36,54-56,58-66,68-73H,3-4,9-10,15-16,21-22,27,29,32,35,37-53H2,1-2H3/b7-5-,8-6-,13-11-,14-12-,19-17-,20-18-,25-23-,26-24-,30-28-,33-31-,36-34-. The molecule has 2 aliphatic heterocycles. The highest BCUT2D eigenvalue weighted by atomic mass is 16.7. The van der Waals surface area contributed by atoms with E-state index in [0.717, 1.165) is 141 Å². The molecular weight excluding hydrogens is 1000 g/mol. The van der Waals surface area contributed by atoms with Crippen LogP contribution in [-0.4, -0.2) is 142 Å². The fraction of sp³-hybridized carbons (Fsp3) is 0.646. The molecule has 2 rings (SSSR count). The van der Waals surface area contributed by atoms with Gasteiger partial charge in [0.05, 0.1) is 26.4 Å². The van der Waals surface area contributed by atoms with E-state index in [1.54, 1.807) is 0 Å². The van der Waals surface area contributed by atoms with Gasteiger partial charge in [0.1, 0.15) is 54.9 Å². The summed E-state index contributed by atoms with van der Waals surface area (Å²) in [7, 11) is 0. The molecule has 0 aromatic rings. The van der Waals surface area contributed by atoms with Crippen LogP contribution in [0.1, 0.15) is 168 Å². The normalized spacial score (nSPS) is 25.0. The van der Waals surface area contributed by atoms with E-state index in [2.05, 4.69) is 148 Å². The van der Waals surface area contributed by atoms with E-state index >= 15 is 0 Å². The van der Waals surface area contributed by atoms with Crippen LogP contribution in [0.2, 0.25) is 0 Å². The monoisotopic (exact) mass is 1110 g/mol. The SMILES string of the molecule is CC/C=C\C/C=C\C/C=C\C/C=C\C/C=C\C/C=C\CCCCCCC(=O)OC(COCCCCCCCC/C=C\C/C=C\C/C=C\C/C=C\C/C=C\CC)COC1OC(COC2OC(CO)C(O)C(O)C2O)C(O)C(O)C1O. The van der Waals surface area contributed by atoms with E-state index in [1.807, 2.05) is 0 Å². The summed E-state index contributed by atoms with van der Waals surface area (Å²) in [6, 6.07) is 0. The van der Waals surface area contributed by atoms with Crippen LogP contribution in [0.3, 0.4) is 0 Å². The van der Waals surface area contributed by atoms with Crippen molar-refractivity contribution in [3.05, 3.63) is 134 Å². The van der Waals surface area contributed by atoms with Gasteiger partial charge in [-0.05, 0) is 109 Å². The van der Waals surface area contributed by atoms with Gasteiger partial charge in [0, 0.05) is 13.0 Å². The van der Waals surface area contributed by atoms with Crippen molar-refractivity contribution in [1.29, 1.82) is 0 Å². The molecule has 14 nitrogen and oxygen atoms in total. The molecule has 11 unspecified atom stereocenters. The minimum Gasteiger partial charge on any atom is -0.457 e. The molecular formula is C65H104O14. The van der Waals surface area contributed by atoms with Crippen LogP contribution in [0.4, 0.5) is 0 Å². The van der Waals surface area contributed by atoms with Gasteiger partial charge in [-0.25, -0.2) is 0 Å². The summed E-state index contributed by atoms with van der Waals surface area (Å²) >= 11 is 0. The molecule has 0 spiro atoms. The van der Waals surface area contributed by atoms with Crippen LogP contribution in [0.5, 0.6) is 0 Å². The Balaban J connectivity index is 1.74. The molecule has 0 aromatic carbocycles. The number of hydrogen-bond acceptors (Lipinski definition) is 14. The lowest BCUT2D eigenvalue weighted by Gasteiger charge is -2.42. The molecule has 7 N–H and O–H groups in total. The number of allylic oxidation sites excluding steroid dienone is 22. The zero-order valence-electron chi connectivity index (χ0n) is 48.0. The van der Waals surface area contributed by atoms with Gasteiger partial charge >= 0.3 is 5.97 Å². The van der Waals surface area contributed by atoms with Gasteiger partial charge in [-0.3, -0.25) is 4.79 Å². The predicted octanol–water partition coefficient (Wildman–Crippen LogP) is 11.1. The average Bonchev–Trinajstić information content (AvgIpc) is 3.46. The summed E-state index contributed by atoms with van der Waals surface area (Å²) in [6.45, 7) is 3.36. The maximum Gasteiger partial charge on any atom is 0.306 e. The number of ether oxygens (including phenoxy) is 6. The molecule has 0 amide bonds. The number of esters is 1. The quantitative estimate of drug-likeness (QED) is 0.0172. The van der Waals surface area contributed by atoms with Gasteiger partial charge < -0.3 is 64.2 Å². The third kappa shape index (κ3) is 36.3. The Kier molecular flexibility index (Phi) is 45.0. The number of carbonyl (C=O) groups is 1. The van der Waals surface area contributed by atoms with Crippen LogP contribution < -0.4 is 0 Å². The van der Waals surface area contributed by atoms with Crippen LogP contribution in [-0.2, 0) is 33.2 Å². The molecule has 0 radical (unpaired) electrons. The molecule has 2 aliphatic rings. The van der Waals surface area contributed by atoms with Gasteiger partial charge in [0.2, 0.25) is 0 Å². The summed E-state index contributed by atoms with van der Waals surface area (Å²) < 4.78 is 34.4. The second kappa shape index (κ2) is 49.9. The molecule has 0 aromatic heterocycles. The Labute approximate surface area is 475 Å². The lowest BCUT2D eigenvalue weighted by molar-refractivity contribution is -0.332. The highest BCUT2D eigenvalue weighted by Gasteiger charge is 2.47. The molecule has 2 heterocycles. The molecule has 0 saturated carbocycles. The Morgan fingerprint density at radius 3 is 1.23 bits per heavy atom. The molecule has 2 fully saturated rings. The van der Waals surface area contributed by atoms with Crippen molar-refractivity contribution in [2.45, 2.75) is 235 Å². The molecule has 14 heteroatoms. The third-order valence-electron chi connectivity index (χ3n) is 13.2. The average molecular weight is 1110 g/mol. The van der Waals surface area contributed by atoms with Crippen LogP contribution in [0, 0.1) is 0 Å². The van der Waals surface area contributed by atoms with E-state index in [-0.39, 0.29) is 19.6 Å². The number of rotatable bonds is 46. The Bertz CT molecular complexity index is 1810. The van der Waals surface area contributed by atoms with Crippen molar-refractivity contribution in [2.75, 3.05) is 33.0 Å². The minimum atomic E-state index is -1.73. The smallest absolute Gasteiger partial charge is 0.306 e. The molecule has 448 valence electrons. The summed E-state index contributed by atoms with van der Waals surface area (Å²) in [5.74, 6) is -0.412. The van der Waals surface area contributed by atoms with Crippen LogP contribution in [0.25, 0.3) is 0 Å². The number of hydrogen-bond donors (Lipinski definition) is 7. The summed E-state index contributed by atoms with van der Waals surface area (Å²) in [5.41, 5.74) is 0. The van der Waals surface area contributed by atoms with Crippen LogP contribution in [0.15, 0.2) is 134 Å². The number of unbranched alkanes of at least 4 members (excludes halogenated alkanes) is 10. The molecule has 0 aliphatic carbocycles. The Hall–Kier alpha value is -3.87. The van der Waals surface area contributed by atoms with E-state index in [0.29, 0.717) is 13.0 Å². The second-order valence-corrected chi connectivity index (χ2v) is 20.1. The summed E-state index contributed by atoms with van der Waals surface area (Å²) in [4.78, 5) is 13.1. The largest absolute Gasteiger partial charge is 0.457 e. The number of carbonyl (C=O) groups excluding carboxylic acids is 1. The predicted molar refractivity (Wildman–Crippen MR) is 316 cm³/mol. The first kappa shape index (κ1) is 71.2. The summed E-state index contributed by atoms with van der Waals surface area (Å²) in [6.07, 6.45) is 55.0. The van der Waals surface area contributed by atoms with Gasteiger partial charge in [-0.1, -0.05) is 186 Å². The zero-order valence-corrected chi connectivity index (χ0v) is 48.0. The van der Waals surface area contributed by atoms with E-state index in [9.17, 15) is 40.5 Å². The maximum absolute atomic E-state index is 13.1. The van der Waals surface area contributed by atoms with Gasteiger partial charge in [0.25, 0.3) is 0 Å². The van der Waals surface area contributed by atoms with Gasteiger partial charge in [-0.2, -0.15) is 0 Å². The van der Waals surface area contributed by atoms with E-state index in [4.69, 9.17) is 28.4 Å². The second-order valence-electron chi connectivity index (χ2n) is 20.1. The maximum atomic E-state index is 13.1. The fourth-order valence-corrected chi connectivity index (χ4v) is 8.43. The molecule has 79 heavy (non-hydrogen) atoms. The first-order valence-electron chi connectivity index (χ1n) is 29.8. The number of aliphatic hydroxyl groups excluding tert-OH is 7. The Morgan fingerprint density at radius 1 is 0.418 bits per heavy atom. The highest BCUT2D eigenvalue weighted by molar-refractivity contribution is 5.69. The molecule has 2 saturated heterocycles. The Morgan fingerprint density at radius 2 is 0.785 bits per heavy atom. The van der Waals surface area contributed by atoms with Crippen molar-refractivity contribution >= 4 is 5.97 Å². The van der Waals surface area contributed by atoms with Crippen molar-refractivity contribution in [2.24, 2.45) is 0 Å². The van der Waals surface area contributed by atoms with Crippen LogP contribution >= 0.6 is 0 Å². The van der Waals surface area contributed by atoms with Crippen molar-refractivity contribution in [1.82, 2.24) is 0 Å². The minimum absolute atomic E-state index is 0.0303. The third-order valence-corrected chi connectivity index (χ3v) is 13.2. The van der Waals surface area contributed by atoms with Crippen molar-refractivity contribution < 1.29 is 69.0 Å². The van der Waals surface area contributed by atoms with Crippen molar-refractivity contribution in [3.8, 4) is 0 Å². The zero-order chi connectivity index (χ0) is 57.2. The topological polar surface area (TPSA) is 214 Å². The van der Waals surface area contributed by atoms with Crippen molar-refractivity contribution in [3.63, 3.8) is 0 Å². The van der Waals surface area contributed by atoms with E-state index in [1.165, 1.54) is 0 Å². The molecule has 11 atom stereocenters. The summed E-state index contributed by atoms with van der Waals surface area (Å²) in [5, 5.41) is 72.4. The molecule has 0 bridgehead atoms. The highest BCUT2D eigenvalue weighted by Crippen LogP contribution is 2.26. The first-order chi connectivity index (χ1) is 38.6.